The van der Waals surface area contributed by atoms with Gasteiger partial charge in [0.25, 0.3) is 11.1 Å². The van der Waals surface area contributed by atoms with Crippen LogP contribution < -0.4 is 5.32 Å². The zero-order chi connectivity index (χ0) is 22.7. The third-order valence-electron chi connectivity index (χ3n) is 4.50. The minimum atomic E-state index is -0.586. The fourth-order valence-corrected chi connectivity index (χ4v) is 4.06. The lowest BCUT2D eigenvalue weighted by Crippen LogP contribution is -2.36. The molecule has 1 aliphatic heterocycles. The number of amides is 3. The molecule has 0 radical (unpaired) electrons. The molecule has 4 rings (SSSR count). The summed E-state index contributed by atoms with van der Waals surface area (Å²) in [5, 5.41) is 11.8. The van der Waals surface area contributed by atoms with Crippen LogP contribution >= 0.6 is 23.4 Å². The van der Waals surface area contributed by atoms with Gasteiger partial charge < -0.3 is 9.73 Å². The number of imide groups is 1. The summed E-state index contributed by atoms with van der Waals surface area (Å²) in [5.74, 6) is -0.295. The highest BCUT2D eigenvalue weighted by molar-refractivity contribution is 8.18. The molecule has 2 heterocycles. The van der Waals surface area contributed by atoms with E-state index in [2.05, 4.69) is 11.4 Å². The van der Waals surface area contributed by atoms with Crippen molar-refractivity contribution in [1.29, 1.82) is 5.26 Å². The van der Waals surface area contributed by atoms with Crippen LogP contribution in [0.5, 0.6) is 0 Å². The molecule has 0 spiro atoms. The number of furan rings is 1. The molecule has 0 aliphatic carbocycles. The number of benzene rings is 2. The first-order valence-electron chi connectivity index (χ1n) is 9.35. The van der Waals surface area contributed by atoms with Gasteiger partial charge in [0.1, 0.15) is 18.1 Å². The molecule has 2 aromatic carbocycles. The number of nitrogens with zero attached hydrogens (tertiary/aromatic N) is 2. The maximum atomic E-state index is 12.7. The molecular formula is C23H14ClN3O4S. The van der Waals surface area contributed by atoms with Crippen LogP contribution in [0.15, 0.2) is 70.0 Å². The second-order valence-electron chi connectivity index (χ2n) is 6.69. The summed E-state index contributed by atoms with van der Waals surface area (Å²) in [5.41, 5.74) is 1.55. The van der Waals surface area contributed by atoms with E-state index < -0.39 is 23.6 Å². The Morgan fingerprint density at radius 2 is 1.97 bits per heavy atom. The Kier molecular flexibility index (Phi) is 6.12. The van der Waals surface area contributed by atoms with Crippen molar-refractivity contribution < 1.29 is 18.8 Å². The molecule has 158 valence electrons. The van der Waals surface area contributed by atoms with Gasteiger partial charge in [-0.05, 0) is 54.2 Å². The number of carbonyl (C=O) groups is 3. The first-order chi connectivity index (χ1) is 15.4. The molecule has 0 saturated carbocycles. The lowest BCUT2D eigenvalue weighted by molar-refractivity contribution is -0.127. The lowest BCUT2D eigenvalue weighted by Gasteiger charge is -2.12. The van der Waals surface area contributed by atoms with E-state index in [1.807, 2.05) is 0 Å². The van der Waals surface area contributed by atoms with Crippen LogP contribution in [-0.4, -0.2) is 28.5 Å². The molecule has 1 N–H and O–H groups in total. The first-order valence-corrected chi connectivity index (χ1v) is 10.5. The topological polar surface area (TPSA) is 103 Å². The smallest absolute Gasteiger partial charge is 0.294 e. The van der Waals surface area contributed by atoms with Gasteiger partial charge in [0, 0.05) is 22.3 Å². The molecule has 1 fully saturated rings. The number of thioether (sulfide) groups is 1. The van der Waals surface area contributed by atoms with E-state index in [1.54, 1.807) is 60.7 Å². The van der Waals surface area contributed by atoms with Gasteiger partial charge in [-0.15, -0.1) is 0 Å². The van der Waals surface area contributed by atoms with Crippen molar-refractivity contribution in [3.05, 3.63) is 81.9 Å². The minimum Gasteiger partial charge on any atom is -0.457 e. The largest absolute Gasteiger partial charge is 0.457 e. The van der Waals surface area contributed by atoms with Gasteiger partial charge in [-0.1, -0.05) is 29.8 Å². The first kappa shape index (κ1) is 21.4. The van der Waals surface area contributed by atoms with E-state index in [4.69, 9.17) is 16.0 Å². The molecule has 3 amide bonds. The number of nitrogens with one attached hydrogen (secondary N) is 1. The van der Waals surface area contributed by atoms with Crippen molar-refractivity contribution in [2.24, 2.45) is 0 Å². The summed E-state index contributed by atoms with van der Waals surface area (Å²) in [4.78, 5) is 38.3. The highest BCUT2D eigenvalue weighted by atomic mass is 35.5. The molecule has 1 aliphatic rings. The fourth-order valence-electron chi connectivity index (χ4n) is 3.05. The monoisotopic (exact) mass is 463 g/mol. The standard InChI is InChI=1S/C23H14ClN3O4S/c24-15-5-3-6-16(10-15)26-21(28)13-27-22(29)20(32-23(27)30)11-17-8-9-19(31-17)18-7-2-1-4-14(18)12-25/h1-11H,13H2,(H,26,28). The molecule has 7 nitrogen and oxygen atoms in total. The second-order valence-corrected chi connectivity index (χ2v) is 8.12. The van der Waals surface area contributed by atoms with Gasteiger partial charge in [0.05, 0.1) is 16.5 Å². The van der Waals surface area contributed by atoms with E-state index in [0.717, 1.165) is 16.7 Å². The number of rotatable bonds is 5. The highest BCUT2D eigenvalue weighted by Gasteiger charge is 2.36. The molecule has 32 heavy (non-hydrogen) atoms. The molecule has 0 unspecified atom stereocenters. The van der Waals surface area contributed by atoms with Crippen molar-refractivity contribution in [3.63, 3.8) is 0 Å². The van der Waals surface area contributed by atoms with E-state index in [0.29, 0.717) is 33.4 Å². The Morgan fingerprint density at radius 3 is 2.75 bits per heavy atom. The Labute approximate surface area is 192 Å². The zero-order valence-electron chi connectivity index (χ0n) is 16.4. The van der Waals surface area contributed by atoms with E-state index >= 15 is 0 Å². The summed E-state index contributed by atoms with van der Waals surface area (Å²) in [6, 6.07) is 19.0. The lowest BCUT2D eigenvalue weighted by atomic mass is 10.1. The summed E-state index contributed by atoms with van der Waals surface area (Å²) in [7, 11) is 0. The van der Waals surface area contributed by atoms with Crippen molar-refractivity contribution in [2.75, 3.05) is 11.9 Å². The van der Waals surface area contributed by atoms with E-state index in [-0.39, 0.29) is 4.91 Å². The van der Waals surface area contributed by atoms with Gasteiger partial charge in [0.2, 0.25) is 5.91 Å². The molecule has 9 heteroatoms. The quantitative estimate of drug-likeness (QED) is 0.525. The van der Waals surface area contributed by atoms with Crippen LogP contribution in [-0.2, 0) is 9.59 Å². The van der Waals surface area contributed by atoms with Gasteiger partial charge in [-0.25, -0.2) is 0 Å². The predicted molar refractivity (Wildman–Crippen MR) is 122 cm³/mol. The second kappa shape index (κ2) is 9.14. The number of carbonyl (C=O) groups excluding carboxylic acids is 3. The summed E-state index contributed by atoms with van der Waals surface area (Å²) >= 11 is 6.62. The van der Waals surface area contributed by atoms with Crippen LogP contribution in [0.2, 0.25) is 5.02 Å². The molecular weight excluding hydrogens is 450 g/mol. The number of halogens is 1. The van der Waals surface area contributed by atoms with Crippen molar-refractivity contribution in [3.8, 4) is 17.4 Å². The summed E-state index contributed by atoms with van der Waals surface area (Å²) in [6.07, 6.45) is 1.44. The zero-order valence-corrected chi connectivity index (χ0v) is 17.9. The SMILES string of the molecule is N#Cc1ccccc1-c1ccc(C=C2SC(=O)N(CC(=O)Nc3cccc(Cl)c3)C2=O)o1. The Morgan fingerprint density at radius 1 is 1.16 bits per heavy atom. The third-order valence-corrected chi connectivity index (χ3v) is 5.64. The normalized spacial score (nSPS) is 14.6. The third kappa shape index (κ3) is 4.59. The number of nitriles is 1. The molecule has 0 atom stereocenters. The minimum absolute atomic E-state index is 0.139. The van der Waals surface area contributed by atoms with Crippen LogP contribution in [0.25, 0.3) is 17.4 Å². The van der Waals surface area contributed by atoms with Gasteiger partial charge in [-0.2, -0.15) is 5.26 Å². The van der Waals surface area contributed by atoms with Crippen molar-refractivity contribution >= 4 is 52.2 Å². The average molecular weight is 464 g/mol. The van der Waals surface area contributed by atoms with Gasteiger partial charge >= 0.3 is 0 Å². The predicted octanol–water partition coefficient (Wildman–Crippen LogP) is 5.15. The molecule has 1 aromatic heterocycles. The van der Waals surface area contributed by atoms with Crippen LogP contribution in [0, 0.1) is 11.3 Å². The van der Waals surface area contributed by atoms with E-state index in [1.165, 1.54) is 6.08 Å². The summed E-state index contributed by atoms with van der Waals surface area (Å²) in [6.45, 7) is -0.423. The van der Waals surface area contributed by atoms with Gasteiger partial charge in [-0.3, -0.25) is 19.3 Å². The molecule has 3 aromatic rings. The van der Waals surface area contributed by atoms with Crippen molar-refractivity contribution in [1.82, 2.24) is 4.90 Å². The van der Waals surface area contributed by atoms with Crippen molar-refractivity contribution in [2.45, 2.75) is 0 Å². The Balaban J connectivity index is 1.47. The molecule has 0 bridgehead atoms. The maximum absolute atomic E-state index is 12.7. The van der Waals surface area contributed by atoms with E-state index in [9.17, 15) is 19.6 Å². The summed E-state index contributed by atoms with van der Waals surface area (Å²) < 4.78 is 5.75. The van der Waals surface area contributed by atoms with Crippen LogP contribution in [0.3, 0.4) is 0 Å². The fraction of sp³-hybridized carbons (Fsp3) is 0.0435. The number of hydrogen-bond donors (Lipinski definition) is 1. The van der Waals surface area contributed by atoms with Crippen LogP contribution in [0.1, 0.15) is 11.3 Å². The van der Waals surface area contributed by atoms with Gasteiger partial charge in [0.15, 0.2) is 0 Å². The highest BCUT2D eigenvalue weighted by Crippen LogP contribution is 2.33. The number of anilines is 1. The number of hydrogen-bond acceptors (Lipinski definition) is 6. The molecule has 1 saturated heterocycles. The van der Waals surface area contributed by atoms with Crippen LogP contribution in [0.4, 0.5) is 10.5 Å². The Bertz CT molecular complexity index is 1310. The average Bonchev–Trinajstić information content (AvgIpc) is 3.34. The Hall–Kier alpha value is -3.80. The maximum Gasteiger partial charge on any atom is 0.294 e.